The van der Waals surface area contributed by atoms with Crippen molar-refractivity contribution in [3.63, 3.8) is 0 Å². The molecule has 30 heavy (non-hydrogen) atoms. The summed E-state index contributed by atoms with van der Waals surface area (Å²) in [6.07, 6.45) is 1.83. The van der Waals surface area contributed by atoms with Gasteiger partial charge in [-0.2, -0.15) is 5.26 Å². The minimum atomic E-state index is -0.121. The van der Waals surface area contributed by atoms with Gasteiger partial charge in [-0.15, -0.1) is 0 Å². The van der Waals surface area contributed by atoms with Crippen LogP contribution in [-0.2, 0) is 11.4 Å². The Hall–Kier alpha value is -3.40. The number of benzene rings is 3. The minimum absolute atomic E-state index is 0.121. The van der Waals surface area contributed by atoms with Crippen LogP contribution in [-0.4, -0.2) is 10.2 Å². The first kappa shape index (κ1) is 19.9. The van der Waals surface area contributed by atoms with Crippen LogP contribution in [0, 0.1) is 11.3 Å². The fourth-order valence-corrected chi connectivity index (χ4v) is 4.29. The van der Waals surface area contributed by atoms with Crippen LogP contribution in [0.25, 0.3) is 6.08 Å². The fourth-order valence-electron chi connectivity index (χ4n) is 3.00. The summed E-state index contributed by atoms with van der Waals surface area (Å²) in [5.74, 6) is 0.571. The van der Waals surface area contributed by atoms with Gasteiger partial charge in [0.1, 0.15) is 12.4 Å². The second kappa shape index (κ2) is 8.95. The highest BCUT2D eigenvalue weighted by atomic mass is 32.2. The van der Waals surface area contributed by atoms with E-state index in [1.165, 1.54) is 11.8 Å². The number of hydrogen-bond acceptors (Lipinski definition) is 5. The van der Waals surface area contributed by atoms with Gasteiger partial charge in [-0.05, 0) is 42.0 Å². The third-order valence-electron chi connectivity index (χ3n) is 4.52. The van der Waals surface area contributed by atoms with Crippen LogP contribution in [0.5, 0.6) is 5.75 Å². The molecule has 0 spiro atoms. The molecule has 0 unspecified atom stereocenters. The topological polar surface area (TPSA) is 53.3 Å². The number of carbonyl (C=O) groups excluding carboxylic acids is 1. The average molecular weight is 429 g/mol. The maximum atomic E-state index is 12.8. The molecular weight excluding hydrogens is 412 g/mol. The van der Waals surface area contributed by atoms with Gasteiger partial charge in [0, 0.05) is 5.56 Å². The van der Waals surface area contributed by atoms with Gasteiger partial charge in [-0.1, -0.05) is 72.5 Å². The molecule has 4 rings (SSSR count). The number of thiocarbonyl (C=S) groups is 1. The lowest BCUT2D eigenvalue weighted by Gasteiger charge is -2.13. The largest absolute Gasteiger partial charge is 0.489 e. The Morgan fingerprint density at radius 1 is 1.00 bits per heavy atom. The number of nitrogens with zero attached hydrogens (tertiary/aromatic N) is 2. The molecule has 1 fully saturated rings. The number of thioether (sulfide) groups is 1. The molecule has 1 amide bonds. The molecule has 3 aromatic rings. The molecule has 0 aliphatic carbocycles. The van der Waals surface area contributed by atoms with Crippen LogP contribution in [0.1, 0.15) is 16.7 Å². The van der Waals surface area contributed by atoms with Crippen molar-refractivity contribution in [3.05, 3.63) is 100 Å². The number of carbonyl (C=O) groups is 1. The van der Waals surface area contributed by atoms with Crippen molar-refractivity contribution in [2.75, 3.05) is 4.90 Å². The molecule has 0 atom stereocenters. The van der Waals surface area contributed by atoms with Gasteiger partial charge in [0.2, 0.25) is 0 Å². The maximum absolute atomic E-state index is 12.8. The summed E-state index contributed by atoms with van der Waals surface area (Å²) in [5, 5.41) is 9.17. The van der Waals surface area contributed by atoms with Crippen molar-refractivity contribution in [1.29, 1.82) is 5.26 Å². The third kappa shape index (κ3) is 4.28. The van der Waals surface area contributed by atoms with Gasteiger partial charge in [-0.25, -0.2) is 0 Å². The lowest BCUT2D eigenvalue weighted by atomic mass is 10.1. The van der Waals surface area contributed by atoms with E-state index in [1.54, 1.807) is 11.0 Å². The predicted octanol–water partition coefficient (Wildman–Crippen LogP) is 5.54. The van der Waals surface area contributed by atoms with Crippen molar-refractivity contribution in [2.45, 2.75) is 6.61 Å². The van der Waals surface area contributed by atoms with Crippen molar-refractivity contribution in [2.24, 2.45) is 0 Å². The molecule has 6 heteroatoms. The number of rotatable bonds is 5. The van der Waals surface area contributed by atoms with Crippen molar-refractivity contribution < 1.29 is 9.53 Å². The second-order valence-corrected chi connectivity index (χ2v) is 8.16. The maximum Gasteiger partial charge on any atom is 0.270 e. The van der Waals surface area contributed by atoms with Crippen molar-refractivity contribution in [1.82, 2.24) is 0 Å². The van der Waals surface area contributed by atoms with Crippen LogP contribution in [0.2, 0.25) is 0 Å². The van der Waals surface area contributed by atoms with E-state index in [-0.39, 0.29) is 5.91 Å². The van der Waals surface area contributed by atoms with Gasteiger partial charge in [0.15, 0.2) is 4.32 Å². The number of ether oxygens (including phenoxy) is 1. The number of anilines is 1. The summed E-state index contributed by atoms with van der Waals surface area (Å²) in [5.41, 5.74) is 3.10. The van der Waals surface area contributed by atoms with Crippen LogP contribution in [0.15, 0.2) is 83.8 Å². The molecule has 0 bridgehead atoms. The summed E-state index contributed by atoms with van der Waals surface area (Å²) in [6, 6.07) is 26.4. The number of para-hydroxylation sites is 1. The quantitative estimate of drug-likeness (QED) is 0.394. The minimum Gasteiger partial charge on any atom is -0.489 e. The predicted molar refractivity (Wildman–Crippen MR) is 124 cm³/mol. The smallest absolute Gasteiger partial charge is 0.270 e. The highest BCUT2D eigenvalue weighted by Gasteiger charge is 2.33. The van der Waals surface area contributed by atoms with Gasteiger partial charge in [0.05, 0.1) is 22.2 Å². The molecule has 0 saturated carbocycles. The number of hydrogen-bond donors (Lipinski definition) is 0. The van der Waals surface area contributed by atoms with Crippen molar-refractivity contribution in [3.8, 4) is 11.8 Å². The molecule has 146 valence electrons. The Bertz CT molecular complexity index is 1170. The normalized spacial score (nSPS) is 14.8. The van der Waals surface area contributed by atoms with E-state index in [2.05, 4.69) is 6.07 Å². The summed E-state index contributed by atoms with van der Waals surface area (Å²) in [6.45, 7) is 0.318. The molecule has 1 heterocycles. The van der Waals surface area contributed by atoms with Crippen LogP contribution < -0.4 is 9.64 Å². The second-order valence-electron chi connectivity index (χ2n) is 6.48. The molecule has 3 aromatic carbocycles. The first-order valence-corrected chi connectivity index (χ1v) is 10.4. The lowest BCUT2D eigenvalue weighted by molar-refractivity contribution is -0.113. The zero-order valence-corrected chi connectivity index (χ0v) is 17.5. The summed E-state index contributed by atoms with van der Waals surface area (Å²) >= 11 is 6.69. The fraction of sp³-hybridized carbons (Fsp3) is 0.0417. The molecule has 1 saturated heterocycles. The van der Waals surface area contributed by atoms with E-state index in [0.717, 1.165) is 16.8 Å². The van der Waals surface area contributed by atoms with E-state index >= 15 is 0 Å². The van der Waals surface area contributed by atoms with E-state index in [9.17, 15) is 4.79 Å². The molecule has 0 aromatic heterocycles. The Kier molecular flexibility index (Phi) is 5.94. The highest BCUT2D eigenvalue weighted by Crippen LogP contribution is 2.36. The Morgan fingerprint density at radius 2 is 1.70 bits per heavy atom. The van der Waals surface area contributed by atoms with Crippen LogP contribution in [0.4, 0.5) is 5.69 Å². The Balaban J connectivity index is 1.46. The van der Waals surface area contributed by atoms with E-state index < -0.39 is 0 Å². The van der Waals surface area contributed by atoms with Crippen LogP contribution in [0.3, 0.4) is 0 Å². The molecule has 1 aliphatic rings. The van der Waals surface area contributed by atoms with Gasteiger partial charge < -0.3 is 4.74 Å². The summed E-state index contributed by atoms with van der Waals surface area (Å²) in [7, 11) is 0. The summed E-state index contributed by atoms with van der Waals surface area (Å²) < 4.78 is 6.32. The molecule has 4 nitrogen and oxygen atoms in total. The molecular formula is C24H16N2O2S2. The first-order chi connectivity index (χ1) is 14.7. The lowest BCUT2D eigenvalue weighted by Crippen LogP contribution is -2.27. The Morgan fingerprint density at radius 3 is 2.43 bits per heavy atom. The molecule has 0 N–H and O–H groups in total. The van der Waals surface area contributed by atoms with Crippen molar-refractivity contribution >= 4 is 46.0 Å². The number of amides is 1. The highest BCUT2D eigenvalue weighted by molar-refractivity contribution is 8.27. The van der Waals surface area contributed by atoms with E-state index in [4.69, 9.17) is 22.2 Å². The molecule has 1 aliphatic heterocycles. The monoisotopic (exact) mass is 428 g/mol. The van der Waals surface area contributed by atoms with E-state index in [1.807, 2.05) is 78.9 Å². The average Bonchev–Trinajstić information content (AvgIpc) is 3.06. The first-order valence-electron chi connectivity index (χ1n) is 9.19. The van der Waals surface area contributed by atoms with Gasteiger partial charge in [0.25, 0.3) is 5.91 Å². The zero-order valence-electron chi connectivity index (χ0n) is 15.8. The Labute approximate surface area is 184 Å². The zero-order chi connectivity index (χ0) is 20.9. The standard InChI is InChI=1S/C24H16N2O2S2/c25-15-18-6-4-5-7-19(18)16-28-21-12-10-17(11-13-21)14-22-23(27)26(24(29)30-22)20-8-2-1-3-9-20/h1-14H,16H2/b22-14+. The SMILES string of the molecule is N#Cc1ccccc1COc1ccc(/C=C2/SC(=S)N(c3ccccc3)C2=O)cc1. The summed E-state index contributed by atoms with van der Waals surface area (Å²) in [4.78, 5) is 14.9. The van der Waals surface area contributed by atoms with Gasteiger partial charge >= 0.3 is 0 Å². The number of nitriles is 1. The van der Waals surface area contributed by atoms with Crippen LogP contribution >= 0.6 is 24.0 Å². The van der Waals surface area contributed by atoms with Gasteiger partial charge in [-0.3, -0.25) is 9.69 Å². The van der Waals surface area contributed by atoms with E-state index in [0.29, 0.717) is 27.1 Å². The third-order valence-corrected chi connectivity index (χ3v) is 5.82. The molecule has 0 radical (unpaired) electrons.